The number of nitrogens with one attached hydrogen (secondary N) is 4. The van der Waals surface area contributed by atoms with Crippen LogP contribution in [0.4, 0.5) is 0 Å². The SMILES string of the molecule is CCn1c(C(O)(c2ccccc2)c2ccccc2C)nc2nc(OC)c(C3NNNN3)cc21. The molecular weight excluding hydrogens is 418 g/mol. The fourth-order valence-corrected chi connectivity index (χ4v) is 4.49. The van der Waals surface area contributed by atoms with Crippen LogP contribution in [0.25, 0.3) is 11.2 Å². The molecule has 1 saturated heterocycles. The predicted octanol–water partition coefficient (Wildman–Crippen LogP) is 2.17. The van der Waals surface area contributed by atoms with E-state index in [1.165, 1.54) is 0 Å². The number of rotatable bonds is 6. The summed E-state index contributed by atoms with van der Waals surface area (Å²) in [6.45, 7) is 4.63. The summed E-state index contributed by atoms with van der Waals surface area (Å²) in [5, 5.41) is 12.4. The highest BCUT2D eigenvalue weighted by atomic mass is 16.5. The molecule has 0 spiro atoms. The second-order valence-electron chi connectivity index (χ2n) is 7.97. The molecule has 0 aliphatic carbocycles. The molecule has 1 unspecified atom stereocenters. The maximum Gasteiger partial charge on any atom is 0.221 e. The van der Waals surface area contributed by atoms with Crippen molar-refractivity contribution in [3.05, 3.63) is 88.7 Å². The van der Waals surface area contributed by atoms with Gasteiger partial charge in [0.05, 0.1) is 18.2 Å². The van der Waals surface area contributed by atoms with Crippen LogP contribution >= 0.6 is 0 Å². The Bertz CT molecular complexity index is 1280. The molecule has 0 bridgehead atoms. The molecule has 33 heavy (non-hydrogen) atoms. The molecule has 0 radical (unpaired) electrons. The van der Waals surface area contributed by atoms with Gasteiger partial charge in [-0.2, -0.15) is 16.1 Å². The molecule has 5 N–H and O–H groups in total. The van der Waals surface area contributed by atoms with Crippen molar-refractivity contribution in [2.75, 3.05) is 7.11 Å². The summed E-state index contributed by atoms with van der Waals surface area (Å²) in [5.74, 6) is 0.959. The Labute approximate surface area is 191 Å². The van der Waals surface area contributed by atoms with Gasteiger partial charge in [0.25, 0.3) is 0 Å². The van der Waals surface area contributed by atoms with E-state index in [0.717, 1.165) is 27.8 Å². The smallest absolute Gasteiger partial charge is 0.221 e. The van der Waals surface area contributed by atoms with Crippen molar-refractivity contribution < 1.29 is 9.84 Å². The molecule has 5 rings (SSSR count). The van der Waals surface area contributed by atoms with Gasteiger partial charge in [-0.15, -0.1) is 0 Å². The number of nitrogens with zero attached hydrogens (tertiary/aromatic N) is 3. The van der Waals surface area contributed by atoms with E-state index in [9.17, 15) is 5.11 Å². The molecule has 2 aromatic carbocycles. The first-order chi connectivity index (χ1) is 16.1. The Morgan fingerprint density at radius 3 is 2.39 bits per heavy atom. The summed E-state index contributed by atoms with van der Waals surface area (Å²) in [4.78, 5) is 9.57. The van der Waals surface area contributed by atoms with Crippen LogP contribution in [0, 0.1) is 6.92 Å². The van der Waals surface area contributed by atoms with Crippen molar-refractivity contribution in [1.82, 2.24) is 36.5 Å². The van der Waals surface area contributed by atoms with Crippen molar-refractivity contribution in [1.29, 1.82) is 0 Å². The number of pyridine rings is 1. The number of aromatic nitrogens is 3. The minimum Gasteiger partial charge on any atom is -0.481 e. The van der Waals surface area contributed by atoms with Crippen LogP contribution in [0.3, 0.4) is 0 Å². The first-order valence-corrected chi connectivity index (χ1v) is 10.9. The summed E-state index contributed by atoms with van der Waals surface area (Å²) >= 11 is 0. The average molecular weight is 446 g/mol. The first kappa shape index (κ1) is 21.5. The van der Waals surface area contributed by atoms with Crippen LogP contribution in [-0.2, 0) is 12.1 Å². The molecule has 9 heteroatoms. The van der Waals surface area contributed by atoms with Gasteiger partial charge in [0.1, 0.15) is 6.17 Å². The molecule has 1 fully saturated rings. The topological polar surface area (TPSA) is 108 Å². The number of aliphatic hydroxyl groups is 1. The van der Waals surface area contributed by atoms with Crippen LogP contribution in [0.5, 0.6) is 5.88 Å². The van der Waals surface area contributed by atoms with Gasteiger partial charge >= 0.3 is 0 Å². The van der Waals surface area contributed by atoms with E-state index in [0.29, 0.717) is 23.9 Å². The van der Waals surface area contributed by atoms with E-state index in [-0.39, 0.29) is 6.17 Å². The Morgan fingerprint density at radius 2 is 1.73 bits per heavy atom. The number of hydrazine groups is 3. The molecule has 1 atom stereocenters. The van der Waals surface area contributed by atoms with Crippen molar-refractivity contribution in [3.8, 4) is 5.88 Å². The van der Waals surface area contributed by atoms with Gasteiger partial charge in [0.2, 0.25) is 5.88 Å². The molecule has 170 valence electrons. The molecule has 2 aromatic heterocycles. The fourth-order valence-electron chi connectivity index (χ4n) is 4.49. The predicted molar refractivity (Wildman–Crippen MR) is 125 cm³/mol. The van der Waals surface area contributed by atoms with E-state index in [1.807, 2.05) is 79.1 Å². The van der Waals surface area contributed by atoms with Gasteiger partial charge < -0.3 is 14.4 Å². The highest BCUT2D eigenvalue weighted by Gasteiger charge is 2.40. The molecule has 0 amide bonds. The number of methoxy groups -OCH3 is 1. The van der Waals surface area contributed by atoms with Crippen LogP contribution in [0.1, 0.15) is 41.2 Å². The number of fused-ring (bicyclic) bond motifs is 1. The van der Waals surface area contributed by atoms with Crippen molar-refractivity contribution in [2.24, 2.45) is 0 Å². The molecule has 1 aliphatic heterocycles. The number of aryl methyl sites for hydroxylation is 2. The quantitative estimate of drug-likeness (QED) is 0.307. The van der Waals surface area contributed by atoms with E-state index < -0.39 is 5.60 Å². The van der Waals surface area contributed by atoms with Gasteiger partial charge in [-0.25, -0.2) is 15.8 Å². The molecule has 9 nitrogen and oxygen atoms in total. The second kappa shape index (κ2) is 8.54. The van der Waals surface area contributed by atoms with Crippen LogP contribution in [0.15, 0.2) is 60.7 Å². The van der Waals surface area contributed by atoms with Gasteiger partial charge in [-0.3, -0.25) is 0 Å². The third kappa shape index (κ3) is 3.47. The number of imidazole rings is 1. The Kier molecular flexibility index (Phi) is 5.57. The highest BCUT2D eigenvalue weighted by molar-refractivity contribution is 5.75. The molecule has 4 aromatic rings. The van der Waals surface area contributed by atoms with Gasteiger partial charge in [-0.05, 0) is 36.6 Å². The van der Waals surface area contributed by atoms with Crippen LogP contribution < -0.4 is 26.7 Å². The maximum atomic E-state index is 12.4. The molecular formula is C24H27N7O2. The lowest BCUT2D eigenvalue weighted by molar-refractivity contribution is 0.111. The van der Waals surface area contributed by atoms with Crippen molar-refractivity contribution >= 4 is 11.2 Å². The van der Waals surface area contributed by atoms with E-state index in [2.05, 4.69) is 26.9 Å². The second-order valence-corrected chi connectivity index (χ2v) is 7.97. The lowest BCUT2D eigenvalue weighted by Crippen LogP contribution is -2.33. The summed E-state index contributed by atoms with van der Waals surface area (Å²) in [6.07, 6.45) is -0.259. The Morgan fingerprint density at radius 1 is 1.03 bits per heavy atom. The average Bonchev–Trinajstić information content (AvgIpc) is 3.51. The number of hydrogen-bond acceptors (Lipinski definition) is 8. The summed E-state index contributed by atoms with van der Waals surface area (Å²) in [7, 11) is 1.58. The van der Waals surface area contributed by atoms with Gasteiger partial charge in [0.15, 0.2) is 17.1 Å². The highest BCUT2D eigenvalue weighted by Crippen LogP contribution is 2.39. The normalized spacial score (nSPS) is 16.2. The summed E-state index contributed by atoms with van der Waals surface area (Å²) < 4.78 is 7.58. The largest absolute Gasteiger partial charge is 0.481 e. The van der Waals surface area contributed by atoms with Gasteiger partial charge in [0, 0.05) is 6.54 Å². The third-order valence-corrected chi connectivity index (χ3v) is 6.10. The van der Waals surface area contributed by atoms with Crippen LogP contribution in [-0.4, -0.2) is 26.8 Å². The summed E-state index contributed by atoms with van der Waals surface area (Å²) in [6, 6.07) is 19.5. The minimum absolute atomic E-state index is 0.259. The first-order valence-electron chi connectivity index (χ1n) is 10.9. The van der Waals surface area contributed by atoms with E-state index in [1.54, 1.807) is 7.11 Å². The molecule has 1 aliphatic rings. The standard InChI is InChI=1S/C24H27N7O2/c1-4-31-19-14-17(20-27-29-30-28-20)22(33-3)25-21(19)26-23(31)24(32,16-11-6-5-7-12-16)18-13-9-8-10-15(18)2/h5-14,20,27-30,32H,4H2,1-3H3. The fraction of sp³-hybridized carbons (Fsp3) is 0.250. The molecule has 0 saturated carbocycles. The zero-order chi connectivity index (χ0) is 23.0. The van der Waals surface area contributed by atoms with Crippen molar-refractivity contribution in [2.45, 2.75) is 32.2 Å². The number of benzene rings is 2. The Balaban J connectivity index is 1.80. The molecule has 3 heterocycles. The maximum absolute atomic E-state index is 12.4. The van der Waals surface area contributed by atoms with Gasteiger partial charge in [-0.1, -0.05) is 54.6 Å². The Hall–Kier alpha value is -3.34. The summed E-state index contributed by atoms with van der Waals surface area (Å²) in [5.41, 5.74) is 14.9. The number of ether oxygens (including phenoxy) is 1. The lowest BCUT2D eigenvalue weighted by atomic mass is 9.83. The zero-order valence-corrected chi connectivity index (χ0v) is 18.8. The van der Waals surface area contributed by atoms with Crippen molar-refractivity contribution in [3.63, 3.8) is 0 Å². The third-order valence-electron chi connectivity index (χ3n) is 6.10. The monoisotopic (exact) mass is 445 g/mol. The zero-order valence-electron chi connectivity index (χ0n) is 18.8. The van der Waals surface area contributed by atoms with E-state index in [4.69, 9.17) is 9.72 Å². The lowest BCUT2D eigenvalue weighted by Gasteiger charge is -2.30. The number of hydrogen-bond donors (Lipinski definition) is 5. The van der Waals surface area contributed by atoms with Crippen LogP contribution in [0.2, 0.25) is 0 Å². The van der Waals surface area contributed by atoms with E-state index >= 15 is 0 Å². The minimum atomic E-state index is -1.47.